The van der Waals surface area contributed by atoms with Crippen LogP contribution in [0.5, 0.6) is 0 Å². The van der Waals surface area contributed by atoms with Crippen LogP contribution in [0.15, 0.2) is 52.7 Å². The highest BCUT2D eigenvalue weighted by Crippen LogP contribution is 2.23. The lowest BCUT2D eigenvalue weighted by atomic mass is 10.0. The van der Waals surface area contributed by atoms with Crippen molar-refractivity contribution in [1.82, 2.24) is 10.0 Å². The van der Waals surface area contributed by atoms with Crippen LogP contribution in [0, 0.1) is 0 Å². The summed E-state index contributed by atoms with van der Waals surface area (Å²) in [4.78, 5) is 18.5. The number of nitrogens with one attached hydrogen (secondary N) is 2. The van der Waals surface area contributed by atoms with E-state index in [0.29, 0.717) is 31.0 Å². The molecule has 1 aliphatic carbocycles. The zero-order valence-corrected chi connectivity index (χ0v) is 17.8. The van der Waals surface area contributed by atoms with Crippen molar-refractivity contribution in [3.8, 4) is 0 Å². The van der Waals surface area contributed by atoms with Crippen molar-refractivity contribution in [3.63, 3.8) is 0 Å². The molecular formula is C20H28N4O4S. The van der Waals surface area contributed by atoms with Gasteiger partial charge in [0, 0.05) is 37.9 Å². The lowest BCUT2D eigenvalue weighted by Crippen LogP contribution is -2.34. The Morgan fingerprint density at radius 2 is 1.83 bits per heavy atom. The minimum atomic E-state index is -3.21. The largest absolute Gasteiger partial charge is 0.395 e. The van der Waals surface area contributed by atoms with Crippen molar-refractivity contribution in [3.05, 3.63) is 47.7 Å². The molecule has 2 rings (SSSR count). The maximum atomic E-state index is 11.8. The number of allylic oxidation sites excluding steroid dienone is 3. The van der Waals surface area contributed by atoms with Gasteiger partial charge in [0.25, 0.3) is 0 Å². The van der Waals surface area contributed by atoms with Gasteiger partial charge < -0.3 is 15.3 Å². The third kappa shape index (κ3) is 7.12. The molecule has 0 radical (unpaired) electrons. The number of carbonyl (C=O) groups is 1. The van der Waals surface area contributed by atoms with Gasteiger partial charge in [-0.05, 0) is 49.8 Å². The SMILES string of the molecule is CCN(CCNS(C)(=O)=O)c1ccc(N=C2C(C)=CC(=O)C=C2NCCO)cc1. The maximum absolute atomic E-state index is 11.8. The lowest BCUT2D eigenvalue weighted by molar-refractivity contribution is -0.110. The van der Waals surface area contributed by atoms with E-state index >= 15 is 0 Å². The third-order valence-electron chi connectivity index (χ3n) is 4.28. The number of nitrogens with zero attached hydrogens (tertiary/aromatic N) is 2. The van der Waals surface area contributed by atoms with Gasteiger partial charge in [-0.15, -0.1) is 0 Å². The summed E-state index contributed by atoms with van der Waals surface area (Å²) in [7, 11) is -3.21. The van der Waals surface area contributed by atoms with E-state index in [0.717, 1.165) is 29.7 Å². The van der Waals surface area contributed by atoms with Crippen LogP contribution in [0.3, 0.4) is 0 Å². The Kier molecular flexibility index (Phi) is 8.12. The summed E-state index contributed by atoms with van der Waals surface area (Å²) in [5.41, 5.74) is 3.70. The van der Waals surface area contributed by atoms with E-state index in [1.54, 1.807) is 0 Å². The first-order valence-electron chi connectivity index (χ1n) is 9.41. The van der Waals surface area contributed by atoms with Gasteiger partial charge in [-0.25, -0.2) is 18.1 Å². The first kappa shape index (κ1) is 22.8. The van der Waals surface area contributed by atoms with Crippen molar-refractivity contribution in [1.29, 1.82) is 0 Å². The van der Waals surface area contributed by atoms with Gasteiger partial charge in [0.05, 0.1) is 30.0 Å². The number of aliphatic hydroxyl groups excluding tert-OH is 1. The van der Waals surface area contributed by atoms with E-state index in [4.69, 9.17) is 5.11 Å². The quantitative estimate of drug-likeness (QED) is 0.490. The first-order valence-corrected chi connectivity index (χ1v) is 11.3. The normalized spacial score (nSPS) is 15.9. The summed E-state index contributed by atoms with van der Waals surface area (Å²) in [6.45, 7) is 5.74. The Morgan fingerprint density at radius 1 is 1.14 bits per heavy atom. The van der Waals surface area contributed by atoms with Crippen LogP contribution < -0.4 is 14.9 Å². The molecule has 0 aromatic heterocycles. The Labute approximate surface area is 172 Å². The molecule has 158 valence electrons. The molecule has 1 aliphatic rings. The van der Waals surface area contributed by atoms with Crippen LogP contribution in [0.25, 0.3) is 0 Å². The molecule has 8 nitrogen and oxygen atoms in total. The Balaban J connectivity index is 2.16. The fourth-order valence-corrected chi connectivity index (χ4v) is 3.39. The molecule has 0 fully saturated rings. The molecule has 1 aromatic carbocycles. The average Bonchev–Trinajstić information content (AvgIpc) is 2.66. The van der Waals surface area contributed by atoms with Gasteiger partial charge in [-0.1, -0.05) is 0 Å². The summed E-state index contributed by atoms with van der Waals surface area (Å²) in [6.07, 6.45) is 4.15. The topological polar surface area (TPSA) is 111 Å². The Bertz CT molecular complexity index is 918. The number of likely N-dealkylation sites (N-methyl/N-ethyl adjacent to an activating group) is 1. The summed E-state index contributed by atoms with van der Waals surface area (Å²) >= 11 is 0. The molecule has 0 bridgehead atoms. The molecule has 0 saturated heterocycles. The predicted molar refractivity (Wildman–Crippen MR) is 116 cm³/mol. The Hall–Kier alpha value is -2.49. The molecule has 1 aromatic rings. The fraction of sp³-hybridized carbons (Fsp3) is 0.400. The van der Waals surface area contributed by atoms with E-state index in [1.807, 2.05) is 38.1 Å². The summed E-state index contributed by atoms with van der Waals surface area (Å²) in [5.74, 6) is -0.112. The van der Waals surface area contributed by atoms with Crippen LogP contribution in [-0.4, -0.2) is 64.1 Å². The van der Waals surface area contributed by atoms with Crippen LogP contribution >= 0.6 is 0 Å². The number of aliphatic imine (C=N–C) groups is 1. The van der Waals surface area contributed by atoms with Crippen LogP contribution in [0.4, 0.5) is 11.4 Å². The lowest BCUT2D eigenvalue weighted by Gasteiger charge is -2.23. The third-order valence-corrected chi connectivity index (χ3v) is 5.01. The minimum absolute atomic E-state index is 0.0443. The van der Waals surface area contributed by atoms with Crippen LogP contribution in [-0.2, 0) is 14.8 Å². The second kappa shape index (κ2) is 10.3. The van der Waals surface area contributed by atoms with E-state index in [9.17, 15) is 13.2 Å². The number of benzene rings is 1. The molecule has 3 N–H and O–H groups in total. The molecule has 9 heteroatoms. The van der Waals surface area contributed by atoms with Crippen molar-refractivity contribution in [2.45, 2.75) is 13.8 Å². The number of carbonyl (C=O) groups excluding carboxylic acids is 1. The number of aliphatic hydroxyl groups is 1. The van der Waals surface area contributed by atoms with Gasteiger partial charge in [-0.3, -0.25) is 4.79 Å². The van der Waals surface area contributed by atoms with Crippen molar-refractivity contribution >= 4 is 32.9 Å². The number of sulfonamides is 1. The van der Waals surface area contributed by atoms with E-state index < -0.39 is 10.0 Å². The molecule has 0 spiro atoms. The van der Waals surface area contributed by atoms with E-state index in [2.05, 4.69) is 19.9 Å². The molecule has 0 atom stereocenters. The highest BCUT2D eigenvalue weighted by atomic mass is 32.2. The van der Waals surface area contributed by atoms with Crippen LogP contribution in [0.1, 0.15) is 13.8 Å². The number of rotatable bonds is 10. The Morgan fingerprint density at radius 3 is 2.41 bits per heavy atom. The molecule has 0 heterocycles. The van der Waals surface area contributed by atoms with Gasteiger partial charge in [0.2, 0.25) is 10.0 Å². The number of hydrogen-bond donors (Lipinski definition) is 3. The van der Waals surface area contributed by atoms with Gasteiger partial charge in [0.15, 0.2) is 5.78 Å². The molecule has 0 saturated carbocycles. The maximum Gasteiger partial charge on any atom is 0.208 e. The van der Waals surface area contributed by atoms with Crippen molar-refractivity contribution in [2.24, 2.45) is 4.99 Å². The number of anilines is 1. The summed E-state index contributed by atoms with van der Waals surface area (Å²) in [5, 5.41) is 12.1. The minimum Gasteiger partial charge on any atom is -0.395 e. The van der Waals surface area contributed by atoms with Gasteiger partial charge in [-0.2, -0.15) is 0 Å². The zero-order chi connectivity index (χ0) is 21.4. The first-order chi connectivity index (χ1) is 13.7. The van der Waals surface area contributed by atoms with E-state index in [-0.39, 0.29) is 12.4 Å². The second-order valence-corrected chi connectivity index (χ2v) is 8.49. The van der Waals surface area contributed by atoms with Crippen molar-refractivity contribution in [2.75, 3.05) is 43.9 Å². The highest BCUT2D eigenvalue weighted by molar-refractivity contribution is 7.88. The number of hydrogen-bond acceptors (Lipinski definition) is 7. The second-order valence-electron chi connectivity index (χ2n) is 6.66. The molecule has 0 unspecified atom stereocenters. The standard InChI is InChI=1S/C20H28N4O4S/c1-4-24(11-9-22-29(3,27)28)17-7-5-16(6-8-17)23-20-15(2)13-18(26)14-19(20)21-10-12-25/h5-8,13-14,21-22,25H,4,9-12H2,1-3H3. The zero-order valence-electron chi connectivity index (χ0n) is 17.0. The van der Waals surface area contributed by atoms with Crippen LogP contribution in [0.2, 0.25) is 0 Å². The molecule has 29 heavy (non-hydrogen) atoms. The fourth-order valence-electron chi connectivity index (χ4n) is 2.92. The average molecular weight is 421 g/mol. The smallest absolute Gasteiger partial charge is 0.208 e. The molecule has 0 amide bonds. The summed E-state index contributed by atoms with van der Waals surface area (Å²) in [6, 6.07) is 7.62. The van der Waals surface area contributed by atoms with Crippen molar-refractivity contribution < 1.29 is 18.3 Å². The van der Waals surface area contributed by atoms with E-state index in [1.165, 1.54) is 12.2 Å². The summed E-state index contributed by atoms with van der Waals surface area (Å²) < 4.78 is 24.9. The molecular weight excluding hydrogens is 392 g/mol. The molecule has 0 aliphatic heterocycles. The highest BCUT2D eigenvalue weighted by Gasteiger charge is 2.17. The predicted octanol–water partition coefficient (Wildman–Crippen LogP) is 1.13. The van der Waals surface area contributed by atoms with Gasteiger partial charge >= 0.3 is 0 Å². The monoisotopic (exact) mass is 420 g/mol. The number of ketones is 1. The van der Waals surface area contributed by atoms with Gasteiger partial charge in [0.1, 0.15) is 0 Å².